The maximum atomic E-state index is 11.5. The third-order valence-electron chi connectivity index (χ3n) is 3.51. The van der Waals surface area contributed by atoms with Crippen molar-refractivity contribution in [3.63, 3.8) is 0 Å². The number of benzene rings is 1. The molecule has 1 aromatic rings. The summed E-state index contributed by atoms with van der Waals surface area (Å²) in [5.74, 6) is 1.37. The predicted octanol–water partition coefficient (Wildman–Crippen LogP) is 4.04. The second kappa shape index (κ2) is 7.96. The van der Waals surface area contributed by atoms with Crippen molar-refractivity contribution in [3.8, 4) is 5.75 Å². The quantitative estimate of drug-likeness (QED) is 0.726. The highest BCUT2D eigenvalue weighted by atomic mass is 16.5. The van der Waals surface area contributed by atoms with Crippen molar-refractivity contribution in [2.24, 2.45) is 5.92 Å². The molecule has 0 aliphatic carbocycles. The van der Waals surface area contributed by atoms with Crippen LogP contribution in [0.15, 0.2) is 18.2 Å². The van der Waals surface area contributed by atoms with Gasteiger partial charge in [0, 0.05) is 12.8 Å². The van der Waals surface area contributed by atoms with Crippen LogP contribution in [0, 0.1) is 19.8 Å². The lowest BCUT2D eigenvalue weighted by molar-refractivity contribution is -0.118. The van der Waals surface area contributed by atoms with E-state index in [0.29, 0.717) is 19.3 Å². The van der Waals surface area contributed by atoms with E-state index in [1.807, 2.05) is 39.0 Å². The second-order valence-electron chi connectivity index (χ2n) is 6.11. The van der Waals surface area contributed by atoms with Gasteiger partial charge in [-0.2, -0.15) is 0 Å². The molecule has 0 aliphatic heterocycles. The van der Waals surface area contributed by atoms with Crippen molar-refractivity contribution in [2.45, 2.75) is 60.0 Å². The molecular formula is C18H26O3. The molecule has 3 heteroatoms. The van der Waals surface area contributed by atoms with Gasteiger partial charge in [-0.1, -0.05) is 25.1 Å². The lowest BCUT2D eigenvalue weighted by atomic mass is 9.95. The molecule has 0 amide bonds. The Morgan fingerprint density at radius 3 is 2.05 bits per heavy atom. The molecular weight excluding hydrogens is 264 g/mol. The van der Waals surface area contributed by atoms with Crippen LogP contribution in [0.25, 0.3) is 0 Å². The van der Waals surface area contributed by atoms with E-state index in [1.54, 1.807) is 13.8 Å². The second-order valence-corrected chi connectivity index (χ2v) is 6.11. The van der Waals surface area contributed by atoms with Crippen molar-refractivity contribution in [1.29, 1.82) is 0 Å². The minimum atomic E-state index is -0.170. The van der Waals surface area contributed by atoms with Gasteiger partial charge < -0.3 is 9.53 Å². The standard InChI is InChI=1S/C18H26O3/c1-12(9-15(4)19)10-17(11-16(5)20)21-18-13(2)7-6-8-14(18)3/h6-8,12,17H,9-11H2,1-5H3. The summed E-state index contributed by atoms with van der Waals surface area (Å²) in [7, 11) is 0. The number of carbonyl (C=O) groups excluding carboxylic acids is 2. The molecule has 0 N–H and O–H groups in total. The summed E-state index contributed by atoms with van der Waals surface area (Å²) in [6.45, 7) is 9.22. The summed E-state index contributed by atoms with van der Waals surface area (Å²) in [5.41, 5.74) is 2.14. The van der Waals surface area contributed by atoms with Crippen molar-refractivity contribution in [2.75, 3.05) is 0 Å². The van der Waals surface area contributed by atoms with Crippen LogP contribution in [0.2, 0.25) is 0 Å². The van der Waals surface area contributed by atoms with E-state index in [9.17, 15) is 9.59 Å². The van der Waals surface area contributed by atoms with Gasteiger partial charge >= 0.3 is 0 Å². The lowest BCUT2D eigenvalue weighted by Crippen LogP contribution is -2.24. The number of rotatable bonds is 8. The summed E-state index contributed by atoms with van der Waals surface area (Å²) < 4.78 is 6.11. The number of hydrogen-bond acceptors (Lipinski definition) is 3. The van der Waals surface area contributed by atoms with Crippen LogP contribution in [0.1, 0.15) is 51.2 Å². The summed E-state index contributed by atoms with van der Waals surface area (Å²) in [4.78, 5) is 22.7. The molecule has 0 radical (unpaired) electrons. The van der Waals surface area contributed by atoms with Crippen LogP contribution in [0.4, 0.5) is 0 Å². The Hall–Kier alpha value is -1.64. The number of hydrogen-bond donors (Lipinski definition) is 0. The van der Waals surface area contributed by atoms with E-state index in [2.05, 4.69) is 0 Å². The largest absolute Gasteiger partial charge is 0.489 e. The Kier molecular flexibility index (Phi) is 6.60. The predicted molar refractivity (Wildman–Crippen MR) is 84.7 cm³/mol. The Bertz CT molecular complexity index is 485. The van der Waals surface area contributed by atoms with Crippen LogP contribution in [0.3, 0.4) is 0 Å². The molecule has 3 nitrogen and oxygen atoms in total. The number of aryl methyl sites for hydroxylation is 2. The van der Waals surface area contributed by atoms with Gasteiger partial charge in [0.05, 0.1) is 0 Å². The lowest BCUT2D eigenvalue weighted by Gasteiger charge is -2.23. The number of ether oxygens (including phenoxy) is 1. The molecule has 0 saturated carbocycles. The summed E-state index contributed by atoms with van der Waals surface area (Å²) in [6.07, 6.45) is 1.46. The van der Waals surface area contributed by atoms with Crippen LogP contribution < -0.4 is 4.74 Å². The molecule has 2 atom stereocenters. The Balaban J connectivity index is 2.83. The molecule has 0 aromatic heterocycles. The van der Waals surface area contributed by atoms with Gasteiger partial charge in [0.15, 0.2) is 0 Å². The fraction of sp³-hybridized carbons (Fsp3) is 0.556. The zero-order valence-electron chi connectivity index (χ0n) is 13.7. The van der Waals surface area contributed by atoms with Crippen molar-refractivity contribution >= 4 is 11.6 Å². The minimum Gasteiger partial charge on any atom is -0.489 e. The first-order valence-electron chi connectivity index (χ1n) is 7.51. The molecule has 1 aromatic carbocycles. The molecule has 21 heavy (non-hydrogen) atoms. The summed E-state index contributed by atoms with van der Waals surface area (Å²) >= 11 is 0. The number of para-hydroxylation sites is 1. The van der Waals surface area contributed by atoms with Crippen molar-refractivity contribution in [3.05, 3.63) is 29.3 Å². The maximum absolute atomic E-state index is 11.5. The highest BCUT2D eigenvalue weighted by molar-refractivity contribution is 5.76. The van der Waals surface area contributed by atoms with E-state index in [4.69, 9.17) is 4.74 Å². The molecule has 0 fully saturated rings. The topological polar surface area (TPSA) is 43.4 Å². The Labute approximate surface area is 127 Å². The average molecular weight is 290 g/mol. The highest BCUT2D eigenvalue weighted by Gasteiger charge is 2.19. The molecule has 0 aliphatic rings. The number of Topliss-reactive ketones (excluding diaryl/α,β-unsaturated/α-hetero) is 2. The zero-order valence-corrected chi connectivity index (χ0v) is 13.7. The summed E-state index contributed by atoms with van der Waals surface area (Å²) in [5, 5.41) is 0. The van der Waals surface area contributed by atoms with Crippen molar-refractivity contribution < 1.29 is 14.3 Å². The number of carbonyl (C=O) groups is 2. The highest BCUT2D eigenvalue weighted by Crippen LogP contribution is 2.26. The van der Waals surface area contributed by atoms with E-state index >= 15 is 0 Å². The maximum Gasteiger partial charge on any atom is 0.133 e. The van der Waals surface area contributed by atoms with Gasteiger partial charge in [-0.25, -0.2) is 0 Å². The van der Waals surface area contributed by atoms with Gasteiger partial charge in [0.1, 0.15) is 23.4 Å². The van der Waals surface area contributed by atoms with E-state index in [-0.39, 0.29) is 23.6 Å². The molecule has 1 rings (SSSR count). The molecule has 116 valence electrons. The summed E-state index contributed by atoms with van der Waals surface area (Å²) in [6, 6.07) is 6.01. The zero-order chi connectivity index (χ0) is 16.0. The molecule has 0 heterocycles. The van der Waals surface area contributed by atoms with E-state index < -0.39 is 0 Å². The van der Waals surface area contributed by atoms with Crippen molar-refractivity contribution in [1.82, 2.24) is 0 Å². The van der Waals surface area contributed by atoms with Gasteiger partial charge in [-0.05, 0) is 51.2 Å². The third kappa shape index (κ3) is 6.11. The van der Waals surface area contributed by atoms with E-state index in [1.165, 1.54) is 0 Å². The van der Waals surface area contributed by atoms with Gasteiger partial charge in [-0.15, -0.1) is 0 Å². The SMILES string of the molecule is CC(=O)CC(C)CC(CC(C)=O)Oc1c(C)cccc1C. The minimum absolute atomic E-state index is 0.112. The monoisotopic (exact) mass is 290 g/mol. The van der Waals surface area contributed by atoms with Gasteiger partial charge in [0.25, 0.3) is 0 Å². The average Bonchev–Trinajstić information content (AvgIpc) is 2.31. The van der Waals surface area contributed by atoms with E-state index in [0.717, 1.165) is 16.9 Å². The van der Waals surface area contributed by atoms with Crippen LogP contribution in [-0.2, 0) is 9.59 Å². The van der Waals surface area contributed by atoms with Gasteiger partial charge in [0.2, 0.25) is 0 Å². The van der Waals surface area contributed by atoms with Gasteiger partial charge in [-0.3, -0.25) is 4.79 Å². The van der Waals surface area contributed by atoms with Crippen LogP contribution in [-0.4, -0.2) is 17.7 Å². The normalized spacial score (nSPS) is 13.6. The first-order valence-corrected chi connectivity index (χ1v) is 7.51. The fourth-order valence-electron chi connectivity index (χ4n) is 2.67. The smallest absolute Gasteiger partial charge is 0.133 e. The van der Waals surface area contributed by atoms with Crippen LogP contribution >= 0.6 is 0 Å². The number of ketones is 2. The third-order valence-corrected chi connectivity index (χ3v) is 3.51. The molecule has 0 bridgehead atoms. The first-order chi connectivity index (χ1) is 9.79. The van der Waals surface area contributed by atoms with Crippen LogP contribution in [0.5, 0.6) is 5.75 Å². The molecule has 2 unspecified atom stereocenters. The molecule has 0 saturated heterocycles. The molecule has 0 spiro atoms. The fourth-order valence-corrected chi connectivity index (χ4v) is 2.67. The first kappa shape index (κ1) is 17.4. The Morgan fingerprint density at radius 2 is 1.57 bits per heavy atom. The Morgan fingerprint density at radius 1 is 1.05 bits per heavy atom.